The van der Waals surface area contributed by atoms with Gasteiger partial charge in [-0.15, -0.1) is 0 Å². The fourth-order valence-electron chi connectivity index (χ4n) is 1.27. The molecule has 2 aromatic rings. The molecule has 0 spiro atoms. The van der Waals surface area contributed by atoms with Crippen LogP contribution in [0.4, 0.5) is 0 Å². The Morgan fingerprint density at radius 3 is 2.89 bits per heavy atom. The normalized spacial score (nSPS) is 10.4. The molecule has 0 bridgehead atoms. The number of pyridine rings is 1. The van der Waals surface area contributed by atoms with Crippen LogP contribution in [0.5, 0.6) is 11.8 Å². The number of ether oxygens (including phenoxy) is 1. The van der Waals surface area contributed by atoms with Crippen LogP contribution in [0.3, 0.4) is 0 Å². The third kappa shape index (κ3) is 3.02. The first-order valence-corrected chi connectivity index (χ1v) is 6.25. The van der Waals surface area contributed by atoms with Crippen LogP contribution in [-0.2, 0) is 11.8 Å². The van der Waals surface area contributed by atoms with Crippen LogP contribution < -0.4 is 4.74 Å². The second-order valence-corrected chi connectivity index (χ2v) is 5.10. The second kappa shape index (κ2) is 5.41. The molecular weight excluding hydrogens is 274 g/mol. The highest BCUT2D eigenvalue weighted by Gasteiger charge is 2.09. The third-order valence-corrected chi connectivity index (χ3v) is 3.04. The molecule has 5 nitrogen and oxygen atoms in total. The Kier molecular flexibility index (Phi) is 3.88. The first-order valence-electron chi connectivity index (χ1n) is 5.06. The van der Waals surface area contributed by atoms with Gasteiger partial charge in [0.25, 0.3) is 0 Å². The summed E-state index contributed by atoms with van der Waals surface area (Å²) in [6, 6.07) is 3.35. The minimum Gasteiger partial charge on any atom is -0.419 e. The third-order valence-electron chi connectivity index (χ3n) is 2.02. The summed E-state index contributed by atoms with van der Waals surface area (Å²) in [5, 5.41) is 4.30. The summed E-state index contributed by atoms with van der Waals surface area (Å²) >= 11 is 7.11. The lowest BCUT2D eigenvalue weighted by Gasteiger charge is -2.07. The van der Waals surface area contributed by atoms with Crippen LogP contribution in [-0.4, -0.2) is 19.9 Å². The first kappa shape index (κ1) is 12.9. The number of rotatable bonds is 3. The van der Waals surface area contributed by atoms with E-state index in [2.05, 4.69) is 10.1 Å². The number of hydrogen-bond acceptors (Lipinski definition) is 5. The maximum Gasteiger partial charge on any atom is 0.240 e. The molecule has 7 heteroatoms. The number of halogens is 1. The van der Waals surface area contributed by atoms with Gasteiger partial charge in [0.05, 0.1) is 6.20 Å². The minimum atomic E-state index is -0.0202. The molecule has 0 aliphatic rings. The van der Waals surface area contributed by atoms with Crippen molar-refractivity contribution in [2.75, 3.05) is 0 Å². The van der Waals surface area contributed by atoms with E-state index in [-0.39, 0.29) is 11.0 Å². The quantitative estimate of drug-likeness (QED) is 0.811. The molecule has 0 saturated heterocycles. The Labute approximate surface area is 113 Å². The molecule has 94 valence electrons. The number of nitrogens with zero attached hydrogens (tertiary/aromatic N) is 3. The Morgan fingerprint density at radius 2 is 2.33 bits per heavy atom. The van der Waals surface area contributed by atoms with Crippen molar-refractivity contribution in [3.8, 4) is 11.8 Å². The SMILES string of the molecule is CC(=O)Sc1cnc(Oc2ccnn2C)c(Cl)c1. The second-order valence-electron chi connectivity index (χ2n) is 3.45. The van der Waals surface area contributed by atoms with E-state index < -0.39 is 0 Å². The van der Waals surface area contributed by atoms with Crippen LogP contribution in [0.2, 0.25) is 5.02 Å². The highest BCUT2D eigenvalue weighted by molar-refractivity contribution is 8.13. The average molecular weight is 284 g/mol. The summed E-state index contributed by atoms with van der Waals surface area (Å²) in [5.41, 5.74) is 0. The lowest BCUT2D eigenvalue weighted by molar-refractivity contribution is -0.109. The summed E-state index contributed by atoms with van der Waals surface area (Å²) in [6.45, 7) is 1.48. The molecule has 0 amide bonds. The maximum atomic E-state index is 11.0. The summed E-state index contributed by atoms with van der Waals surface area (Å²) in [6.07, 6.45) is 3.16. The molecule has 0 radical (unpaired) electrons. The number of aromatic nitrogens is 3. The Bertz CT molecular complexity index is 585. The number of hydrogen-bond donors (Lipinski definition) is 0. The van der Waals surface area contributed by atoms with Crippen molar-refractivity contribution >= 4 is 28.5 Å². The van der Waals surface area contributed by atoms with Gasteiger partial charge in [0.2, 0.25) is 11.8 Å². The smallest absolute Gasteiger partial charge is 0.240 e. The molecule has 2 heterocycles. The van der Waals surface area contributed by atoms with E-state index in [0.29, 0.717) is 15.8 Å². The van der Waals surface area contributed by atoms with E-state index in [1.54, 1.807) is 36.3 Å². The molecule has 0 atom stereocenters. The highest BCUT2D eigenvalue weighted by atomic mass is 35.5. The molecule has 0 aliphatic carbocycles. The standard InChI is InChI=1S/C11H10ClN3O2S/c1-7(16)18-8-5-9(12)11(13-6-8)17-10-3-4-14-15(10)2/h3-6H,1-2H3. The van der Waals surface area contributed by atoms with E-state index in [1.807, 2.05) is 0 Å². The Hall–Kier alpha value is -1.53. The van der Waals surface area contributed by atoms with Crippen molar-refractivity contribution in [3.63, 3.8) is 0 Å². The predicted octanol–water partition coefficient (Wildman–Crippen LogP) is 2.90. The maximum absolute atomic E-state index is 11.0. The van der Waals surface area contributed by atoms with Crippen LogP contribution in [0.15, 0.2) is 29.4 Å². The Morgan fingerprint density at radius 1 is 1.56 bits per heavy atom. The fraction of sp³-hybridized carbons (Fsp3) is 0.182. The molecule has 2 rings (SSSR count). The minimum absolute atomic E-state index is 0.0202. The molecule has 0 unspecified atom stereocenters. The van der Waals surface area contributed by atoms with E-state index in [4.69, 9.17) is 16.3 Å². The van der Waals surface area contributed by atoms with E-state index in [0.717, 1.165) is 11.8 Å². The zero-order chi connectivity index (χ0) is 13.1. The van der Waals surface area contributed by atoms with Crippen molar-refractivity contribution in [1.29, 1.82) is 0 Å². The fourth-order valence-corrected chi connectivity index (χ4v) is 2.15. The zero-order valence-corrected chi connectivity index (χ0v) is 11.3. The van der Waals surface area contributed by atoms with Crippen molar-refractivity contribution in [3.05, 3.63) is 29.5 Å². The van der Waals surface area contributed by atoms with Gasteiger partial charge < -0.3 is 4.74 Å². The topological polar surface area (TPSA) is 57.0 Å². The molecule has 0 aromatic carbocycles. The molecule has 0 saturated carbocycles. The van der Waals surface area contributed by atoms with Gasteiger partial charge >= 0.3 is 0 Å². The molecule has 0 fully saturated rings. The highest BCUT2D eigenvalue weighted by Crippen LogP contribution is 2.30. The van der Waals surface area contributed by atoms with Crippen molar-refractivity contribution < 1.29 is 9.53 Å². The van der Waals surface area contributed by atoms with Gasteiger partial charge in [0, 0.05) is 31.1 Å². The zero-order valence-electron chi connectivity index (χ0n) is 9.75. The number of carbonyl (C=O) groups excluding carboxylic acids is 1. The van der Waals surface area contributed by atoms with Gasteiger partial charge in [-0.2, -0.15) is 5.10 Å². The van der Waals surface area contributed by atoms with Crippen LogP contribution in [0.1, 0.15) is 6.92 Å². The summed E-state index contributed by atoms with van der Waals surface area (Å²) in [4.78, 5) is 15.7. The molecular formula is C11H10ClN3O2S. The number of thioether (sulfide) groups is 1. The predicted molar refractivity (Wildman–Crippen MR) is 69.1 cm³/mol. The molecule has 0 aliphatic heterocycles. The van der Waals surface area contributed by atoms with Crippen molar-refractivity contribution in [2.45, 2.75) is 11.8 Å². The summed E-state index contributed by atoms with van der Waals surface area (Å²) < 4.78 is 7.07. The van der Waals surface area contributed by atoms with Gasteiger partial charge in [-0.25, -0.2) is 9.67 Å². The Balaban J connectivity index is 2.20. The van der Waals surface area contributed by atoms with Gasteiger partial charge in [0.1, 0.15) is 5.02 Å². The van der Waals surface area contributed by atoms with Gasteiger partial charge in [-0.1, -0.05) is 23.4 Å². The van der Waals surface area contributed by atoms with E-state index in [9.17, 15) is 4.79 Å². The lowest BCUT2D eigenvalue weighted by Crippen LogP contribution is -1.97. The van der Waals surface area contributed by atoms with Crippen LogP contribution >= 0.6 is 23.4 Å². The summed E-state index contributed by atoms with van der Waals surface area (Å²) in [7, 11) is 1.75. The van der Waals surface area contributed by atoms with Gasteiger partial charge in [-0.3, -0.25) is 4.79 Å². The average Bonchev–Trinajstić information content (AvgIpc) is 2.67. The van der Waals surface area contributed by atoms with Gasteiger partial charge in [0.15, 0.2) is 5.12 Å². The van der Waals surface area contributed by atoms with Crippen molar-refractivity contribution in [1.82, 2.24) is 14.8 Å². The van der Waals surface area contributed by atoms with Crippen LogP contribution in [0, 0.1) is 0 Å². The van der Waals surface area contributed by atoms with E-state index in [1.165, 1.54) is 6.92 Å². The first-order chi connectivity index (χ1) is 8.56. The van der Waals surface area contributed by atoms with Crippen molar-refractivity contribution in [2.24, 2.45) is 7.05 Å². The largest absolute Gasteiger partial charge is 0.419 e. The molecule has 0 N–H and O–H groups in total. The van der Waals surface area contributed by atoms with E-state index >= 15 is 0 Å². The molecule has 18 heavy (non-hydrogen) atoms. The summed E-state index contributed by atoms with van der Waals surface area (Å²) in [5.74, 6) is 0.824. The van der Waals surface area contributed by atoms with Gasteiger partial charge in [-0.05, 0) is 6.07 Å². The monoisotopic (exact) mass is 283 g/mol. The number of carbonyl (C=O) groups is 1. The molecule has 2 aromatic heterocycles. The van der Waals surface area contributed by atoms with Crippen LogP contribution in [0.25, 0.3) is 0 Å². The number of aryl methyl sites for hydroxylation is 1. The lowest BCUT2D eigenvalue weighted by atomic mass is 10.5.